The van der Waals surface area contributed by atoms with Crippen molar-refractivity contribution in [1.82, 2.24) is 5.32 Å². The molecule has 0 bridgehead atoms. The van der Waals surface area contributed by atoms with Gasteiger partial charge in [0.2, 0.25) is 0 Å². The molecule has 2 rings (SSSR count). The Bertz CT molecular complexity index is 537. The summed E-state index contributed by atoms with van der Waals surface area (Å²) in [7, 11) is 1.63. The maximum absolute atomic E-state index is 5.66. The van der Waals surface area contributed by atoms with Gasteiger partial charge in [-0.2, -0.15) is 0 Å². The molecular weight excluding hydrogens is 238 g/mol. The van der Waals surface area contributed by atoms with Crippen LogP contribution in [0.4, 0.5) is 0 Å². The lowest BCUT2D eigenvalue weighted by atomic mass is 10.0. The van der Waals surface area contributed by atoms with Crippen LogP contribution in [0.25, 0.3) is 10.8 Å². The van der Waals surface area contributed by atoms with Crippen molar-refractivity contribution in [3.8, 4) is 5.75 Å². The van der Waals surface area contributed by atoms with Gasteiger partial charge in [0.1, 0.15) is 5.75 Å². The summed E-state index contributed by atoms with van der Waals surface area (Å²) in [5, 5.41) is 5.91. The third-order valence-corrected chi connectivity index (χ3v) is 3.02. The topological polar surface area (TPSA) is 30.5 Å². The Kier molecular flexibility index (Phi) is 4.77. The van der Waals surface area contributed by atoms with E-state index >= 15 is 0 Å². The third-order valence-electron chi connectivity index (χ3n) is 3.02. The van der Waals surface area contributed by atoms with E-state index in [4.69, 9.17) is 9.47 Å². The normalized spacial score (nSPS) is 11.2. The highest BCUT2D eigenvalue weighted by molar-refractivity contribution is 5.87. The number of hydrogen-bond donors (Lipinski definition) is 1. The van der Waals surface area contributed by atoms with E-state index in [-0.39, 0.29) is 6.79 Å². The zero-order chi connectivity index (χ0) is 13.7. The smallest absolute Gasteiger partial charge is 0.188 e. The van der Waals surface area contributed by atoms with Gasteiger partial charge in [0.25, 0.3) is 0 Å². The van der Waals surface area contributed by atoms with Crippen molar-refractivity contribution in [2.45, 2.75) is 26.4 Å². The number of hydrogen-bond acceptors (Lipinski definition) is 3. The Morgan fingerprint density at radius 2 is 1.89 bits per heavy atom. The van der Waals surface area contributed by atoms with Crippen LogP contribution in [-0.2, 0) is 11.3 Å². The molecule has 0 heterocycles. The van der Waals surface area contributed by atoms with E-state index in [9.17, 15) is 0 Å². The molecule has 0 aromatic heterocycles. The maximum atomic E-state index is 5.66. The number of nitrogens with one attached hydrogen (secondary N) is 1. The molecule has 19 heavy (non-hydrogen) atoms. The second-order valence-corrected chi connectivity index (χ2v) is 4.85. The lowest BCUT2D eigenvalue weighted by Crippen LogP contribution is -2.22. The molecule has 1 N–H and O–H groups in total. The molecule has 102 valence electrons. The van der Waals surface area contributed by atoms with Gasteiger partial charge in [-0.25, -0.2) is 0 Å². The molecule has 0 radical (unpaired) electrons. The molecule has 0 amide bonds. The van der Waals surface area contributed by atoms with Gasteiger partial charge in [-0.3, -0.25) is 0 Å². The van der Waals surface area contributed by atoms with Crippen molar-refractivity contribution in [3.05, 3.63) is 42.0 Å². The summed E-state index contributed by atoms with van der Waals surface area (Å²) >= 11 is 0. The Hall–Kier alpha value is -1.58. The van der Waals surface area contributed by atoms with Crippen molar-refractivity contribution in [1.29, 1.82) is 0 Å². The van der Waals surface area contributed by atoms with Gasteiger partial charge in [-0.1, -0.05) is 44.2 Å². The van der Waals surface area contributed by atoms with Crippen LogP contribution >= 0.6 is 0 Å². The molecule has 0 atom stereocenters. The van der Waals surface area contributed by atoms with Crippen molar-refractivity contribution in [2.24, 2.45) is 0 Å². The van der Waals surface area contributed by atoms with Crippen molar-refractivity contribution in [3.63, 3.8) is 0 Å². The van der Waals surface area contributed by atoms with Gasteiger partial charge in [-0.05, 0) is 16.8 Å². The van der Waals surface area contributed by atoms with Gasteiger partial charge in [0.15, 0.2) is 6.79 Å². The van der Waals surface area contributed by atoms with Gasteiger partial charge < -0.3 is 14.8 Å². The summed E-state index contributed by atoms with van der Waals surface area (Å²) in [4.78, 5) is 0. The Labute approximate surface area is 114 Å². The van der Waals surface area contributed by atoms with E-state index in [0.717, 1.165) is 12.3 Å². The first kappa shape index (κ1) is 13.8. The Morgan fingerprint density at radius 1 is 1.11 bits per heavy atom. The molecule has 3 heteroatoms. The van der Waals surface area contributed by atoms with E-state index in [1.165, 1.54) is 16.3 Å². The van der Waals surface area contributed by atoms with E-state index in [1.54, 1.807) is 7.11 Å². The van der Waals surface area contributed by atoms with Gasteiger partial charge in [0, 0.05) is 25.3 Å². The molecule has 0 saturated carbocycles. The minimum absolute atomic E-state index is 0.271. The predicted octanol–water partition coefficient (Wildman–Crippen LogP) is 3.32. The summed E-state index contributed by atoms with van der Waals surface area (Å²) in [6.45, 7) is 5.34. The molecular formula is C16H21NO2. The number of rotatable bonds is 6. The minimum atomic E-state index is 0.271. The van der Waals surface area contributed by atoms with Crippen LogP contribution in [-0.4, -0.2) is 19.9 Å². The van der Waals surface area contributed by atoms with Crippen molar-refractivity contribution < 1.29 is 9.47 Å². The summed E-state index contributed by atoms with van der Waals surface area (Å²) < 4.78 is 10.7. The summed E-state index contributed by atoms with van der Waals surface area (Å²) in [6, 6.07) is 12.9. The number of benzene rings is 2. The standard InChI is InChI=1S/C16H21NO2/c1-12(2)17-10-15-14-7-5-4-6-13(14)8-9-16(15)19-11-18-3/h4-9,12,17H,10-11H2,1-3H3. The number of ether oxygens (including phenoxy) is 2. The fraction of sp³-hybridized carbons (Fsp3) is 0.375. The lowest BCUT2D eigenvalue weighted by molar-refractivity contribution is 0.0505. The summed E-state index contributed by atoms with van der Waals surface area (Å²) in [5.41, 5.74) is 1.18. The van der Waals surface area contributed by atoms with Crippen molar-refractivity contribution in [2.75, 3.05) is 13.9 Å². The van der Waals surface area contributed by atoms with E-state index < -0.39 is 0 Å². The fourth-order valence-corrected chi connectivity index (χ4v) is 2.06. The summed E-state index contributed by atoms with van der Waals surface area (Å²) in [5.74, 6) is 0.883. The van der Waals surface area contributed by atoms with E-state index in [1.807, 2.05) is 6.07 Å². The second kappa shape index (κ2) is 6.55. The highest BCUT2D eigenvalue weighted by atomic mass is 16.7. The Balaban J connectivity index is 2.39. The zero-order valence-electron chi connectivity index (χ0n) is 11.8. The van der Waals surface area contributed by atoms with Gasteiger partial charge >= 0.3 is 0 Å². The van der Waals surface area contributed by atoms with E-state index in [2.05, 4.69) is 49.5 Å². The molecule has 0 aliphatic rings. The summed E-state index contributed by atoms with van der Waals surface area (Å²) in [6.07, 6.45) is 0. The third kappa shape index (κ3) is 3.46. The molecule has 0 saturated heterocycles. The second-order valence-electron chi connectivity index (χ2n) is 4.85. The highest BCUT2D eigenvalue weighted by Crippen LogP contribution is 2.28. The molecule has 0 fully saturated rings. The first-order valence-corrected chi connectivity index (χ1v) is 6.58. The molecule has 0 spiro atoms. The maximum Gasteiger partial charge on any atom is 0.188 e. The molecule has 0 unspecified atom stereocenters. The van der Waals surface area contributed by atoms with Crippen LogP contribution in [0.5, 0.6) is 5.75 Å². The van der Waals surface area contributed by atoms with Crippen LogP contribution in [0.2, 0.25) is 0 Å². The number of methoxy groups -OCH3 is 1. The quantitative estimate of drug-likeness (QED) is 0.807. The SMILES string of the molecule is COCOc1ccc2ccccc2c1CNC(C)C. The molecule has 2 aromatic rings. The monoisotopic (exact) mass is 259 g/mol. The van der Waals surface area contributed by atoms with E-state index in [0.29, 0.717) is 6.04 Å². The van der Waals surface area contributed by atoms with Gasteiger partial charge in [0.05, 0.1) is 0 Å². The fourth-order valence-electron chi connectivity index (χ4n) is 2.06. The zero-order valence-corrected chi connectivity index (χ0v) is 11.8. The van der Waals surface area contributed by atoms with Crippen LogP contribution in [0, 0.1) is 0 Å². The molecule has 0 aliphatic carbocycles. The number of fused-ring (bicyclic) bond motifs is 1. The molecule has 2 aromatic carbocycles. The molecule has 3 nitrogen and oxygen atoms in total. The first-order valence-electron chi connectivity index (χ1n) is 6.58. The van der Waals surface area contributed by atoms with Crippen molar-refractivity contribution >= 4 is 10.8 Å². The van der Waals surface area contributed by atoms with Crippen LogP contribution in [0.15, 0.2) is 36.4 Å². The average Bonchev–Trinajstić information content (AvgIpc) is 2.42. The lowest BCUT2D eigenvalue weighted by Gasteiger charge is -2.15. The van der Waals surface area contributed by atoms with Crippen LogP contribution in [0.1, 0.15) is 19.4 Å². The largest absolute Gasteiger partial charge is 0.467 e. The first-order chi connectivity index (χ1) is 9.22. The molecule has 0 aliphatic heterocycles. The highest BCUT2D eigenvalue weighted by Gasteiger charge is 2.09. The van der Waals surface area contributed by atoms with Crippen LogP contribution in [0.3, 0.4) is 0 Å². The Morgan fingerprint density at radius 3 is 2.63 bits per heavy atom. The van der Waals surface area contributed by atoms with Gasteiger partial charge in [-0.15, -0.1) is 0 Å². The predicted molar refractivity (Wildman–Crippen MR) is 78.4 cm³/mol. The van der Waals surface area contributed by atoms with Crippen LogP contribution < -0.4 is 10.1 Å². The minimum Gasteiger partial charge on any atom is -0.467 e. The average molecular weight is 259 g/mol.